The number of sulfonamides is 1. The quantitative estimate of drug-likeness (QED) is 0.772. The van der Waals surface area contributed by atoms with Gasteiger partial charge in [-0.2, -0.15) is 0 Å². The summed E-state index contributed by atoms with van der Waals surface area (Å²) in [5.74, 6) is -0.276. The molecule has 1 atom stereocenters. The second-order valence-electron chi connectivity index (χ2n) is 6.38. The summed E-state index contributed by atoms with van der Waals surface area (Å²) in [6.45, 7) is 7.73. The topological polar surface area (TPSA) is 75.3 Å². The number of benzene rings is 2. The Kier molecular flexibility index (Phi) is 6.42. The van der Waals surface area contributed by atoms with E-state index in [0.29, 0.717) is 11.3 Å². The van der Waals surface area contributed by atoms with Gasteiger partial charge < -0.3 is 5.32 Å². The maximum Gasteiger partial charge on any atom is 0.261 e. The standard InChI is InChI=1S/C20H26N2O3S/c1-5-15(4)21-20(23)17-11-8-12-18(13-17)26(24,25)22-19-14(3)9-7-10-16(19)6-2/h7-13,15,22H,5-6H2,1-4H3,(H,21,23). The summed E-state index contributed by atoms with van der Waals surface area (Å²) in [5, 5.41) is 2.85. The van der Waals surface area contributed by atoms with Gasteiger partial charge in [-0.15, -0.1) is 0 Å². The molecule has 0 fully saturated rings. The van der Waals surface area contributed by atoms with E-state index in [1.807, 2.05) is 45.9 Å². The van der Waals surface area contributed by atoms with Crippen LogP contribution in [0.1, 0.15) is 48.7 Å². The normalized spacial score (nSPS) is 12.5. The van der Waals surface area contributed by atoms with Crippen LogP contribution in [0.5, 0.6) is 0 Å². The Morgan fingerprint density at radius 2 is 1.81 bits per heavy atom. The van der Waals surface area contributed by atoms with Crippen molar-refractivity contribution < 1.29 is 13.2 Å². The zero-order chi connectivity index (χ0) is 19.3. The first-order chi connectivity index (χ1) is 12.3. The fourth-order valence-electron chi connectivity index (χ4n) is 2.58. The zero-order valence-corrected chi connectivity index (χ0v) is 16.5. The summed E-state index contributed by atoms with van der Waals surface area (Å²) >= 11 is 0. The molecule has 2 aromatic carbocycles. The van der Waals surface area contributed by atoms with Crippen LogP contribution in [0.4, 0.5) is 5.69 Å². The number of nitrogens with one attached hydrogen (secondary N) is 2. The highest BCUT2D eigenvalue weighted by molar-refractivity contribution is 7.92. The van der Waals surface area contributed by atoms with Crippen molar-refractivity contribution in [2.45, 2.75) is 51.5 Å². The molecule has 1 unspecified atom stereocenters. The van der Waals surface area contributed by atoms with Gasteiger partial charge in [-0.3, -0.25) is 9.52 Å². The Morgan fingerprint density at radius 3 is 2.46 bits per heavy atom. The number of hydrogen-bond acceptors (Lipinski definition) is 3. The van der Waals surface area contributed by atoms with Gasteiger partial charge in [-0.1, -0.05) is 38.1 Å². The third-order valence-corrected chi connectivity index (χ3v) is 5.72. The molecule has 26 heavy (non-hydrogen) atoms. The van der Waals surface area contributed by atoms with Crippen LogP contribution in [0, 0.1) is 6.92 Å². The Balaban J connectivity index is 2.33. The van der Waals surface area contributed by atoms with Crippen molar-refractivity contribution in [3.05, 3.63) is 59.2 Å². The van der Waals surface area contributed by atoms with Gasteiger partial charge in [0.05, 0.1) is 10.6 Å². The number of amides is 1. The van der Waals surface area contributed by atoms with E-state index in [-0.39, 0.29) is 16.8 Å². The molecule has 0 aromatic heterocycles. The summed E-state index contributed by atoms with van der Waals surface area (Å²) in [7, 11) is -3.79. The van der Waals surface area contributed by atoms with Crippen LogP contribution in [0.25, 0.3) is 0 Å². The largest absolute Gasteiger partial charge is 0.350 e. The smallest absolute Gasteiger partial charge is 0.261 e. The number of aryl methyl sites for hydroxylation is 2. The minimum Gasteiger partial charge on any atom is -0.350 e. The van der Waals surface area contributed by atoms with Crippen LogP contribution in [-0.4, -0.2) is 20.4 Å². The molecule has 2 aromatic rings. The molecule has 0 radical (unpaired) electrons. The van der Waals surface area contributed by atoms with Crippen molar-refractivity contribution in [2.24, 2.45) is 0 Å². The lowest BCUT2D eigenvalue weighted by atomic mass is 10.1. The van der Waals surface area contributed by atoms with E-state index < -0.39 is 10.0 Å². The van der Waals surface area contributed by atoms with Gasteiger partial charge in [-0.05, 0) is 56.0 Å². The number of hydrogen-bond donors (Lipinski definition) is 2. The Labute approximate surface area is 155 Å². The third kappa shape index (κ3) is 4.64. The predicted octanol–water partition coefficient (Wildman–Crippen LogP) is 3.89. The molecule has 0 aliphatic rings. The van der Waals surface area contributed by atoms with Gasteiger partial charge in [0.25, 0.3) is 15.9 Å². The molecule has 2 rings (SSSR count). The molecule has 0 heterocycles. The fourth-order valence-corrected chi connectivity index (χ4v) is 3.79. The Bertz CT molecular complexity index is 892. The lowest BCUT2D eigenvalue weighted by Crippen LogP contribution is -2.32. The minimum absolute atomic E-state index is 0.0277. The fraction of sp³-hybridized carbons (Fsp3) is 0.350. The second-order valence-corrected chi connectivity index (χ2v) is 8.06. The molecule has 0 saturated carbocycles. The summed E-state index contributed by atoms with van der Waals surface area (Å²) in [4.78, 5) is 12.3. The van der Waals surface area contributed by atoms with Gasteiger partial charge in [0.2, 0.25) is 0 Å². The molecular formula is C20H26N2O3S. The van der Waals surface area contributed by atoms with E-state index in [0.717, 1.165) is 24.0 Å². The molecule has 140 valence electrons. The van der Waals surface area contributed by atoms with Crippen molar-refractivity contribution in [1.82, 2.24) is 5.32 Å². The van der Waals surface area contributed by atoms with Crippen LogP contribution < -0.4 is 10.0 Å². The zero-order valence-electron chi connectivity index (χ0n) is 15.7. The summed E-state index contributed by atoms with van der Waals surface area (Å²) in [5.41, 5.74) is 2.72. The van der Waals surface area contributed by atoms with Gasteiger partial charge in [0.15, 0.2) is 0 Å². The van der Waals surface area contributed by atoms with E-state index in [9.17, 15) is 13.2 Å². The molecule has 2 N–H and O–H groups in total. The van der Waals surface area contributed by atoms with E-state index in [1.165, 1.54) is 12.1 Å². The Hall–Kier alpha value is -2.34. The van der Waals surface area contributed by atoms with E-state index in [2.05, 4.69) is 10.0 Å². The number of carbonyl (C=O) groups is 1. The van der Waals surface area contributed by atoms with Crippen molar-refractivity contribution in [1.29, 1.82) is 0 Å². The maximum absolute atomic E-state index is 12.8. The van der Waals surface area contributed by atoms with Crippen molar-refractivity contribution >= 4 is 21.6 Å². The summed E-state index contributed by atoms with van der Waals surface area (Å²) in [6.07, 6.45) is 1.52. The lowest BCUT2D eigenvalue weighted by molar-refractivity contribution is 0.0939. The summed E-state index contributed by atoms with van der Waals surface area (Å²) < 4.78 is 28.3. The van der Waals surface area contributed by atoms with E-state index in [1.54, 1.807) is 12.1 Å². The van der Waals surface area contributed by atoms with Gasteiger partial charge in [-0.25, -0.2) is 8.42 Å². The lowest BCUT2D eigenvalue weighted by Gasteiger charge is -2.15. The first-order valence-electron chi connectivity index (χ1n) is 8.80. The van der Waals surface area contributed by atoms with Crippen molar-refractivity contribution in [3.8, 4) is 0 Å². The number of para-hydroxylation sites is 1. The molecule has 0 aliphatic carbocycles. The summed E-state index contributed by atoms with van der Waals surface area (Å²) in [6, 6.07) is 11.8. The van der Waals surface area contributed by atoms with E-state index in [4.69, 9.17) is 0 Å². The second kappa shape index (κ2) is 8.36. The van der Waals surface area contributed by atoms with E-state index >= 15 is 0 Å². The first-order valence-corrected chi connectivity index (χ1v) is 10.3. The van der Waals surface area contributed by atoms with Crippen LogP contribution in [0.15, 0.2) is 47.4 Å². The number of rotatable bonds is 7. The molecule has 0 aliphatic heterocycles. The maximum atomic E-state index is 12.8. The molecule has 0 spiro atoms. The number of carbonyl (C=O) groups excluding carboxylic acids is 1. The van der Waals surface area contributed by atoms with Crippen LogP contribution >= 0.6 is 0 Å². The van der Waals surface area contributed by atoms with Crippen molar-refractivity contribution in [2.75, 3.05) is 4.72 Å². The highest BCUT2D eigenvalue weighted by Gasteiger charge is 2.19. The third-order valence-electron chi connectivity index (χ3n) is 4.37. The monoisotopic (exact) mass is 374 g/mol. The highest BCUT2D eigenvalue weighted by Crippen LogP contribution is 2.25. The first kappa shape index (κ1) is 20.0. The van der Waals surface area contributed by atoms with Crippen LogP contribution in [-0.2, 0) is 16.4 Å². The number of anilines is 1. The SMILES string of the molecule is CCc1cccc(C)c1NS(=O)(=O)c1cccc(C(=O)NC(C)CC)c1. The van der Waals surface area contributed by atoms with Crippen LogP contribution in [0.2, 0.25) is 0 Å². The minimum atomic E-state index is -3.79. The average molecular weight is 375 g/mol. The predicted molar refractivity (Wildman–Crippen MR) is 105 cm³/mol. The Morgan fingerprint density at radius 1 is 1.12 bits per heavy atom. The average Bonchev–Trinajstić information content (AvgIpc) is 2.63. The molecule has 1 amide bonds. The van der Waals surface area contributed by atoms with Crippen LogP contribution in [0.3, 0.4) is 0 Å². The molecule has 5 nitrogen and oxygen atoms in total. The molecular weight excluding hydrogens is 348 g/mol. The highest BCUT2D eigenvalue weighted by atomic mass is 32.2. The van der Waals surface area contributed by atoms with Gasteiger partial charge in [0.1, 0.15) is 0 Å². The van der Waals surface area contributed by atoms with Gasteiger partial charge >= 0.3 is 0 Å². The molecule has 6 heteroatoms. The molecule has 0 bridgehead atoms. The van der Waals surface area contributed by atoms with Gasteiger partial charge in [0, 0.05) is 11.6 Å². The van der Waals surface area contributed by atoms with Crippen molar-refractivity contribution in [3.63, 3.8) is 0 Å². The molecule has 0 saturated heterocycles.